The molecule has 5 heteroatoms. The number of aromatic nitrogens is 1. The van der Waals surface area contributed by atoms with Gasteiger partial charge in [-0.3, -0.25) is 4.99 Å². The van der Waals surface area contributed by atoms with Crippen molar-refractivity contribution in [3.8, 4) is 0 Å². The van der Waals surface area contributed by atoms with Gasteiger partial charge in [0, 0.05) is 37.7 Å². The molecule has 0 amide bonds. The fourth-order valence-electron chi connectivity index (χ4n) is 3.30. The Morgan fingerprint density at radius 3 is 2.95 bits per heavy atom. The third-order valence-corrected chi connectivity index (χ3v) is 4.14. The van der Waals surface area contributed by atoms with Crippen molar-refractivity contribution in [3.63, 3.8) is 0 Å². The number of likely N-dealkylation sites (tertiary alicyclic amines) is 1. The van der Waals surface area contributed by atoms with E-state index >= 15 is 0 Å². The van der Waals surface area contributed by atoms with Crippen LogP contribution in [0.4, 0.5) is 0 Å². The van der Waals surface area contributed by atoms with Gasteiger partial charge in [0.05, 0.1) is 6.20 Å². The minimum Gasteiger partial charge on any atom is -0.446 e. The summed E-state index contributed by atoms with van der Waals surface area (Å²) in [7, 11) is 2.21. The van der Waals surface area contributed by atoms with Crippen LogP contribution in [0, 0.1) is 5.41 Å². The minimum absolute atomic E-state index is 0.00659. The van der Waals surface area contributed by atoms with Crippen LogP contribution in [-0.2, 0) is 0 Å². The van der Waals surface area contributed by atoms with Crippen LogP contribution in [0.1, 0.15) is 32.2 Å². The van der Waals surface area contributed by atoms with E-state index in [-0.39, 0.29) is 6.04 Å². The van der Waals surface area contributed by atoms with Crippen LogP contribution in [0.5, 0.6) is 0 Å². The molecule has 108 valence electrons. The summed E-state index contributed by atoms with van der Waals surface area (Å²) in [5.41, 5.74) is 0.394. The largest absolute Gasteiger partial charge is 0.446 e. The van der Waals surface area contributed by atoms with Crippen LogP contribution in [0.25, 0.3) is 0 Å². The van der Waals surface area contributed by atoms with E-state index < -0.39 is 0 Å². The molecule has 2 aliphatic heterocycles. The Balaban J connectivity index is 1.73. The topological polar surface area (TPSA) is 44.9 Å². The van der Waals surface area contributed by atoms with Crippen LogP contribution in [0.3, 0.4) is 0 Å². The molecule has 2 aliphatic rings. The highest BCUT2D eigenvalue weighted by Crippen LogP contribution is 2.34. The first kappa shape index (κ1) is 13.4. The Hall–Kier alpha value is -1.62. The van der Waals surface area contributed by atoms with Crippen LogP contribution in [-0.4, -0.2) is 47.2 Å². The van der Waals surface area contributed by atoms with Gasteiger partial charge in [-0.2, -0.15) is 0 Å². The molecule has 1 aromatic rings. The zero-order chi connectivity index (χ0) is 14.2. The molecule has 1 saturated heterocycles. The van der Waals surface area contributed by atoms with Gasteiger partial charge in [0.1, 0.15) is 12.3 Å². The van der Waals surface area contributed by atoms with E-state index in [4.69, 9.17) is 4.42 Å². The molecule has 1 fully saturated rings. The molecule has 0 N–H and O–H groups in total. The predicted octanol–water partition coefficient (Wildman–Crippen LogP) is 2.30. The summed E-state index contributed by atoms with van der Waals surface area (Å²) in [6.07, 6.45) is 10.3. The van der Waals surface area contributed by atoms with Gasteiger partial charge >= 0.3 is 0 Å². The summed E-state index contributed by atoms with van der Waals surface area (Å²) < 4.78 is 5.44. The molecule has 0 aromatic carbocycles. The average molecular weight is 274 g/mol. The number of likely N-dealkylation sites (N-methyl/N-ethyl adjacent to an activating group) is 1. The van der Waals surface area contributed by atoms with Gasteiger partial charge in [0.15, 0.2) is 0 Å². The van der Waals surface area contributed by atoms with E-state index in [1.165, 1.54) is 6.42 Å². The highest BCUT2D eigenvalue weighted by atomic mass is 16.3. The molecule has 0 aliphatic carbocycles. The standard InChI is InChI=1S/C15H22N4O/c1-15(2)8-12(18(3)11-15)10-19-6-4-16-9-13(19)14-17-5-7-20-14/h4-7,9,12-13H,8,10-11H2,1-3H3. The highest BCUT2D eigenvalue weighted by Gasteiger charge is 2.37. The summed E-state index contributed by atoms with van der Waals surface area (Å²) in [5, 5.41) is 0. The van der Waals surface area contributed by atoms with Crippen molar-refractivity contribution in [1.82, 2.24) is 14.8 Å². The molecule has 5 nitrogen and oxygen atoms in total. The summed E-state index contributed by atoms with van der Waals surface area (Å²) in [6, 6.07) is 0.561. The maximum atomic E-state index is 5.44. The molecule has 0 spiro atoms. The summed E-state index contributed by atoms with van der Waals surface area (Å²) in [5.74, 6) is 0.706. The van der Waals surface area contributed by atoms with E-state index in [0.29, 0.717) is 17.3 Å². The van der Waals surface area contributed by atoms with Gasteiger partial charge in [-0.15, -0.1) is 0 Å². The lowest BCUT2D eigenvalue weighted by atomic mass is 9.90. The van der Waals surface area contributed by atoms with E-state index in [0.717, 1.165) is 13.1 Å². The Bertz CT molecular complexity index is 506. The normalized spacial score (nSPS) is 29.2. The van der Waals surface area contributed by atoms with Crippen molar-refractivity contribution in [1.29, 1.82) is 0 Å². The lowest BCUT2D eigenvalue weighted by Gasteiger charge is -2.32. The monoisotopic (exact) mass is 274 g/mol. The molecule has 0 saturated carbocycles. The van der Waals surface area contributed by atoms with Crippen molar-refractivity contribution in [2.45, 2.75) is 32.4 Å². The molecule has 2 unspecified atom stereocenters. The van der Waals surface area contributed by atoms with Gasteiger partial charge in [-0.1, -0.05) is 13.8 Å². The Morgan fingerprint density at radius 2 is 2.30 bits per heavy atom. The van der Waals surface area contributed by atoms with Crippen molar-refractivity contribution in [3.05, 3.63) is 30.8 Å². The van der Waals surface area contributed by atoms with Gasteiger partial charge < -0.3 is 14.2 Å². The molecular formula is C15H22N4O. The first-order chi connectivity index (χ1) is 9.55. The first-order valence-electron chi connectivity index (χ1n) is 7.10. The lowest BCUT2D eigenvalue weighted by Crippen LogP contribution is -2.39. The first-order valence-corrected chi connectivity index (χ1v) is 7.10. The maximum absolute atomic E-state index is 5.44. The minimum atomic E-state index is 0.00659. The molecule has 0 radical (unpaired) electrons. The van der Waals surface area contributed by atoms with Crippen LogP contribution < -0.4 is 0 Å². The van der Waals surface area contributed by atoms with Crippen molar-refractivity contribution >= 4 is 6.21 Å². The number of aliphatic imine (C=N–C) groups is 1. The lowest BCUT2D eigenvalue weighted by molar-refractivity contribution is 0.209. The van der Waals surface area contributed by atoms with E-state index in [1.54, 1.807) is 12.5 Å². The highest BCUT2D eigenvalue weighted by molar-refractivity contribution is 5.67. The Kier molecular flexibility index (Phi) is 3.38. The second-order valence-corrected chi connectivity index (χ2v) is 6.55. The number of hydrogen-bond acceptors (Lipinski definition) is 5. The third kappa shape index (κ3) is 2.63. The molecule has 20 heavy (non-hydrogen) atoms. The van der Waals surface area contributed by atoms with Gasteiger partial charge in [0.25, 0.3) is 0 Å². The molecule has 0 bridgehead atoms. The van der Waals surface area contributed by atoms with Gasteiger partial charge in [-0.05, 0) is 18.9 Å². The molecule has 3 rings (SSSR count). The second-order valence-electron chi connectivity index (χ2n) is 6.55. The third-order valence-electron chi connectivity index (χ3n) is 4.14. The van der Waals surface area contributed by atoms with Crippen molar-refractivity contribution in [2.24, 2.45) is 10.4 Å². The van der Waals surface area contributed by atoms with Crippen molar-refractivity contribution < 1.29 is 4.42 Å². The smallest absolute Gasteiger partial charge is 0.222 e. The zero-order valence-corrected chi connectivity index (χ0v) is 12.4. The van der Waals surface area contributed by atoms with E-state index in [2.05, 4.69) is 40.7 Å². The van der Waals surface area contributed by atoms with Crippen LogP contribution in [0.15, 0.2) is 34.3 Å². The predicted molar refractivity (Wildman–Crippen MR) is 78.4 cm³/mol. The van der Waals surface area contributed by atoms with Crippen molar-refractivity contribution in [2.75, 3.05) is 20.1 Å². The molecular weight excluding hydrogens is 252 g/mol. The summed E-state index contributed by atoms with van der Waals surface area (Å²) >= 11 is 0. The SMILES string of the molecule is CN1CC(C)(C)CC1CN1C=CN=CC1c1ncco1. The molecule has 2 atom stereocenters. The molecule has 3 heterocycles. The van der Waals surface area contributed by atoms with E-state index in [1.807, 2.05) is 18.6 Å². The number of nitrogens with zero attached hydrogens (tertiary/aromatic N) is 4. The number of oxazole rings is 1. The summed E-state index contributed by atoms with van der Waals surface area (Å²) in [6.45, 7) is 6.79. The summed E-state index contributed by atoms with van der Waals surface area (Å²) in [4.78, 5) is 13.2. The van der Waals surface area contributed by atoms with Crippen LogP contribution in [0.2, 0.25) is 0 Å². The van der Waals surface area contributed by atoms with E-state index in [9.17, 15) is 0 Å². The van der Waals surface area contributed by atoms with Crippen LogP contribution >= 0.6 is 0 Å². The fraction of sp³-hybridized carbons (Fsp3) is 0.600. The average Bonchev–Trinajstić information content (AvgIpc) is 2.99. The van der Waals surface area contributed by atoms with Gasteiger partial charge in [0.2, 0.25) is 5.89 Å². The Labute approximate surface area is 120 Å². The second kappa shape index (κ2) is 5.05. The quantitative estimate of drug-likeness (QED) is 0.848. The molecule has 1 aromatic heterocycles. The fourth-order valence-corrected chi connectivity index (χ4v) is 3.30. The zero-order valence-electron chi connectivity index (χ0n) is 12.4. The number of hydrogen-bond donors (Lipinski definition) is 0. The number of rotatable bonds is 3. The Morgan fingerprint density at radius 1 is 1.45 bits per heavy atom. The maximum Gasteiger partial charge on any atom is 0.222 e. The van der Waals surface area contributed by atoms with Gasteiger partial charge in [-0.25, -0.2) is 4.98 Å².